The molecule has 0 rings (SSSR count). The van der Waals surface area contributed by atoms with Gasteiger partial charge in [-0.2, -0.15) is 0 Å². The van der Waals surface area contributed by atoms with Gasteiger partial charge in [0.25, 0.3) is 0 Å². The summed E-state index contributed by atoms with van der Waals surface area (Å²) in [7, 11) is 0. The van der Waals surface area contributed by atoms with Crippen molar-refractivity contribution >= 4 is 11.9 Å². The first-order valence-corrected chi connectivity index (χ1v) is 18.9. The zero-order valence-electron chi connectivity index (χ0n) is 29.2. The second-order valence-electron chi connectivity index (χ2n) is 12.7. The van der Waals surface area contributed by atoms with E-state index in [0.717, 1.165) is 44.9 Å². The highest BCUT2D eigenvalue weighted by molar-refractivity contribution is 5.69. The third-order valence-electron chi connectivity index (χ3n) is 8.16. The van der Waals surface area contributed by atoms with Gasteiger partial charge in [0.2, 0.25) is 0 Å². The van der Waals surface area contributed by atoms with Crippen molar-refractivity contribution in [1.82, 2.24) is 0 Å². The van der Waals surface area contributed by atoms with Crippen LogP contribution in [-0.2, 0) is 19.1 Å². The van der Waals surface area contributed by atoms with Gasteiger partial charge >= 0.3 is 11.9 Å². The van der Waals surface area contributed by atoms with Gasteiger partial charge < -0.3 is 14.6 Å². The SMILES string of the molecule is CCCCCCCC/C=C\CCCCCCCCCC(=O)OC[C@H](O)COC(=O)CCCCC/C=C\CCCCCCCC. The molecule has 1 atom stereocenters. The molecule has 1 N–H and O–H groups in total. The fourth-order valence-corrected chi connectivity index (χ4v) is 5.25. The maximum Gasteiger partial charge on any atom is 0.305 e. The van der Waals surface area contributed by atoms with Crippen molar-refractivity contribution in [2.75, 3.05) is 13.2 Å². The van der Waals surface area contributed by atoms with Crippen molar-refractivity contribution in [3.8, 4) is 0 Å². The van der Waals surface area contributed by atoms with Crippen LogP contribution in [0, 0.1) is 0 Å². The lowest BCUT2D eigenvalue weighted by molar-refractivity contribution is -0.152. The average molecular weight is 621 g/mol. The van der Waals surface area contributed by atoms with E-state index in [0.29, 0.717) is 12.8 Å². The Morgan fingerprint density at radius 1 is 0.455 bits per heavy atom. The van der Waals surface area contributed by atoms with Crippen LogP contribution in [0.3, 0.4) is 0 Å². The molecular weight excluding hydrogens is 548 g/mol. The van der Waals surface area contributed by atoms with Crippen molar-refractivity contribution < 1.29 is 24.2 Å². The fraction of sp³-hybridized carbons (Fsp3) is 0.846. The average Bonchev–Trinajstić information content (AvgIpc) is 3.02. The van der Waals surface area contributed by atoms with Crippen LogP contribution in [0.1, 0.15) is 194 Å². The first-order chi connectivity index (χ1) is 21.6. The number of allylic oxidation sites excluding steroid dienone is 4. The van der Waals surface area contributed by atoms with Crippen LogP contribution in [0.4, 0.5) is 0 Å². The Hall–Kier alpha value is -1.62. The maximum absolute atomic E-state index is 11.9. The Morgan fingerprint density at radius 3 is 1.07 bits per heavy atom. The molecule has 0 amide bonds. The van der Waals surface area contributed by atoms with Crippen LogP contribution < -0.4 is 0 Å². The normalized spacial score (nSPS) is 12.3. The van der Waals surface area contributed by atoms with Crippen LogP contribution >= 0.6 is 0 Å². The lowest BCUT2D eigenvalue weighted by Crippen LogP contribution is -2.25. The van der Waals surface area contributed by atoms with Crippen molar-refractivity contribution in [3.63, 3.8) is 0 Å². The maximum atomic E-state index is 11.9. The molecule has 44 heavy (non-hydrogen) atoms. The molecule has 0 aromatic carbocycles. The van der Waals surface area contributed by atoms with E-state index in [1.54, 1.807) is 0 Å². The fourth-order valence-electron chi connectivity index (χ4n) is 5.25. The molecule has 0 heterocycles. The Bertz CT molecular complexity index is 671. The van der Waals surface area contributed by atoms with Crippen LogP contribution in [0.15, 0.2) is 24.3 Å². The molecule has 0 spiro atoms. The van der Waals surface area contributed by atoms with Gasteiger partial charge in [-0.25, -0.2) is 0 Å². The van der Waals surface area contributed by atoms with Gasteiger partial charge in [0, 0.05) is 12.8 Å². The quantitative estimate of drug-likeness (QED) is 0.0440. The topological polar surface area (TPSA) is 72.8 Å². The molecule has 0 bridgehead atoms. The summed E-state index contributed by atoms with van der Waals surface area (Å²) in [5, 5.41) is 9.99. The summed E-state index contributed by atoms with van der Waals surface area (Å²) in [6, 6.07) is 0. The molecule has 0 aliphatic heterocycles. The number of rotatable bonds is 34. The first kappa shape index (κ1) is 42.4. The Balaban J connectivity index is 3.45. The minimum atomic E-state index is -0.968. The minimum Gasteiger partial charge on any atom is -0.463 e. The second-order valence-corrected chi connectivity index (χ2v) is 12.7. The number of carbonyl (C=O) groups excluding carboxylic acids is 2. The van der Waals surface area contributed by atoms with E-state index >= 15 is 0 Å². The molecule has 0 fully saturated rings. The number of aliphatic hydroxyl groups excluding tert-OH is 1. The molecule has 0 saturated heterocycles. The van der Waals surface area contributed by atoms with Gasteiger partial charge in [-0.15, -0.1) is 0 Å². The molecule has 5 nitrogen and oxygen atoms in total. The zero-order chi connectivity index (χ0) is 32.2. The van der Waals surface area contributed by atoms with Crippen molar-refractivity contribution in [1.29, 1.82) is 0 Å². The highest BCUT2D eigenvalue weighted by atomic mass is 16.6. The van der Waals surface area contributed by atoms with Crippen molar-refractivity contribution in [2.24, 2.45) is 0 Å². The summed E-state index contributed by atoms with van der Waals surface area (Å²) >= 11 is 0. The van der Waals surface area contributed by atoms with E-state index < -0.39 is 6.10 Å². The summed E-state index contributed by atoms with van der Waals surface area (Å²) in [4.78, 5) is 23.9. The molecule has 5 heteroatoms. The lowest BCUT2D eigenvalue weighted by atomic mass is 10.1. The van der Waals surface area contributed by atoms with Gasteiger partial charge in [0.15, 0.2) is 0 Å². The zero-order valence-corrected chi connectivity index (χ0v) is 29.2. The van der Waals surface area contributed by atoms with E-state index in [9.17, 15) is 14.7 Å². The molecule has 258 valence electrons. The predicted molar refractivity (Wildman–Crippen MR) is 187 cm³/mol. The van der Waals surface area contributed by atoms with Crippen LogP contribution in [0.25, 0.3) is 0 Å². The summed E-state index contributed by atoms with van der Waals surface area (Å²) in [6.45, 7) is 4.27. The van der Waals surface area contributed by atoms with Gasteiger partial charge in [-0.3, -0.25) is 9.59 Å². The Morgan fingerprint density at radius 2 is 0.727 bits per heavy atom. The Labute approximate surface area is 273 Å². The number of carbonyl (C=O) groups is 2. The highest BCUT2D eigenvalue weighted by Crippen LogP contribution is 2.12. The molecule has 0 aromatic rings. The summed E-state index contributed by atoms with van der Waals surface area (Å²) in [5.74, 6) is -0.585. The molecule has 0 aliphatic rings. The van der Waals surface area contributed by atoms with Crippen molar-refractivity contribution in [3.05, 3.63) is 24.3 Å². The summed E-state index contributed by atoms with van der Waals surface area (Å²) in [5.41, 5.74) is 0. The smallest absolute Gasteiger partial charge is 0.305 e. The summed E-state index contributed by atoms with van der Waals surface area (Å²) < 4.78 is 10.3. The van der Waals surface area contributed by atoms with Gasteiger partial charge in [-0.1, -0.05) is 141 Å². The van der Waals surface area contributed by atoms with Crippen molar-refractivity contribution in [2.45, 2.75) is 200 Å². The second kappa shape index (κ2) is 35.9. The van der Waals surface area contributed by atoms with E-state index in [-0.39, 0.29) is 25.2 Å². The summed E-state index contributed by atoms with van der Waals surface area (Å²) in [6.07, 6.45) is 40.8. The highest BCUT2D eigenvalue weighted by Gasteiger charge is 2.12. The van der Waals surface area contributed by atoms with E-state index in [1.165, 1.54) is 122 Å². The number of hydrogen-bond donors (Lipinski definition) is 1. The Kier molecular flexibility index (Phi) is 34.5. The number of esters is 2. The standard InChI is InChI=1S/C39H72O5/c1-3-5-7-9-11-13-15-17-18-19-20-22-24-26-28-30-32-34-39(42)44-36-37(40)35-43-38(41)33-31-29-27-25-23-21-16-14-12-10-8-6-4-2/h17-18,21,23,37,40H,3-16,19-20,22,24-36H2,1-2H3/b18-17-,23-21-/t37-/m1/s1. The number of hydrogen-bond acceptors (Lipinski definition) is 5. The monoisotopic (exact) mass is 621 g/mol. The molecule has 0 aliphatic carbocycles. The van der Waals surface area contributed by atoms with Gasteiger partial charge in [0.05, 0.1) is 0 Å². The number of ether oxygens (including phenoxy) is 2. The van der Waals surface area contributed by atoms with Gasteiger partial charge in [-0.05, 0) is 64.2 Å². The number of unbranched alkanes of at least 4 members (excludes halogenated alkanes) is 22. The van der Waals surface area contributed by atoms with Crippen LogP contribution in [0.2, 0.25) is 0 Å². The molecule has 0 radical (unpaired) electrons. The first-order valence-electron chi connectivity index (χ1n) is 18.9. The third kappa shape index (κ3) is 34.9. The lowest BCUT2D eigenvalue weighted by Gasteiger charge is -2.12. The number of aliphatic hydroxyl groups is 1. The molecule has 0 unspecified atom stereocenters. The third-order valence-corrected chi connectivity index (χ3v) is 8.16. The minimum absolute atomic E-state index is 0.120. The molecular formula is C39H72O5. The van der Waals surface area contributed by atoms with Gasteiger partial charge in [0.1, 0.15) is 19.3 Å². The van der Waals surface area contributed by atoms with Crippen LogP contribution in [-0.4, -0.2) is 36.4 Å². The molecule has 0 aromatic heterocycles. The van der Waals surface area contributed by atoms with Crippen LogP contribution in [0.5, 0.6) is 0 Å². The van der Waals surface area contributed by atoms with E-state index in [1.807, 2.05) is 0 Å². The van der Waals surface area contributed by atoms with E-state index in [4.69, 9.17) is 9.47 Å². The largest absolute Gasteiger partial charge is 0.463 e. The molecule has 0 saturated carbocycles. The predicted octanol–water partition coefficient (Wildman–Crippen LogP) is 11.5. The van der Waals surface area contributed by atoms with E-state index in [2.05, 4.69) is 38.2 Å².